The number of carbonyl (C=O) groups is 3. The molecule has 0 amide bonds. The van der Waals surface area contributed by atoms with Gasteiger partial charge in [0.15, 0.2) is 6.10 Å². The zero-order chi connectivity index (χ0) is 47.2. The first-order valence-electron chi connectivity index (χ1n) is 25.8. The molecule has 0 rings (SSSR count). The lowest BCUT2D eigenvalue weighted by Crippen LogP contribution is -2.30. The monoisotopic (exact) mass is 897 g/mol. The molecule has 6 heteroatoms. The van der Waals surface area contributed by atoms with Crippen molar-refractivity contribution < 1.29 is 28.6 Å². The van der Waals surface area contributed by atoms with Crippen molar-refractivity contribution in [2.75, 3.05) is 13.2 Å². The minimum atomic E-state index is -0.828. The van der Waals surface area contributed by atoms with Gasteiger partial charge in [0.2, 0.25) is 0 Å². The molecule has 0 aliphatic rings. The summed E-state index contributed by atoms with van der Waals surface area (Å²) in [5, 5.41) is 0. The summed E-state index contributed by atoms with van der Waals surface area (Å²) in [6, 6.07) is 0. The largest absolute Gasteiger partial charge is 0.462 e. The summed E-state index contributed by atoms with van der Waals surface area (Å²) < 4.78 is 16.7. The number of hydrogen-bond donors (Lipinski definition) is 0. The van der Waals surface area contributed by atoms with Crippen LogP contribution in [0.2, 0.25) is 0 Å². The van der Waals surface area contributed by atoms with Crippen molar-refractivity contribution in [1.82, 2.24) is 0 Å². The molecule has 0 saturated heterocycles. The maximum atomic E-state index is 12.8. The van der Waals surface area contributed by atoms with E-state index < -0.39 is 6.10 Å². The first-order chi connectivity index (χ1) is 32.0. The lowest BCUT2D eigenvalue weighted by atomic mass is 10.1. The summed E-state index contributed by atoms with van der Waals surface area (Å²) in [6.07, 6.45) is 72.9. The third-order valence-corrected chi connectivity index (χ3v) is 10.3. The van der Waals surface area contributed by atoms with Crippen LogP contribution in [0.3, 0.4) is 0 Å². The molecular weight excluding hydrogens is 805 g/mol. The molecule has 0 saturated carbocycles. The molecule has 0 heterocycles. The van der Waals surface area contributed by atoms with Crippen molar-refractivity contribution in [2.24, 2.45) is 0 Å². The Morgan fingerprint density at radius 3 is 1.18 bits per heavy atom. The Bertz CT molecular complexity index is 1450. The second-order valence-electron chi connectivity index (χ2n) is 16.5. The van der Waals surface area contributed by atoms with Crippen molar-refractivity contribution in [3.8, 4) is 0 Å². The van der Waals surface area contributed by atoms with Crippen LogP contribution in [0.5, 0.6) is 0 Å². The molecule has 0 aliphatic carbocycles. The van der Waals surface area contributed by atoms with E-state index in [4.69, 9.17) is 14.2 Å². The van der Waals surface area contributed by atoms with E-state index in [9.17, 15) is 14.4 Å². The van der Waals surface area contributed by atoms with Crippen molar-refractivity contribution in [3.05, 3.63) is 134 Å². The van der Waals surface area contributed by atoms with E-state index in [1.807, 2.05) is 60.8 Å². The summed E-state index contributed by atoms with van der Waals surface area (Å²) in [5.41, 5.74) is 0. The van der Waals surface area contributed by atoms with Gasteiger partial charge in [-0.25, -0.2) is 0 Å². The van der Waals surface area contributed by atoms with Crippen molar-refractivity contribution in [2.45, 2.75) is 207 Å². The maximum absolute atomic E-state index is 12.8. The zero-order valence-electron chi connectivity index (χ0n) is 41.4. The fourth-order valence-electron chi connectivity index (χ4n) is 6.48. The van der Waals surface area contributed by atoms with Gasteiger partial charge >= 0.3 is 17.9 Å². The van der Waals surface area contributed by atoms with Gasteiger partial charge in [-0.15, -0.1) is 0 Å². The van der Waals surface area contributed by atoms with Gasteiger partial charge in [-0.1, -0.05) is 219 Å². The van der Waals surface area contributed by atoms with Gasteiger partial charge in [0.05, 0.1) is 0 Å². The van der Waals surface area contributed by atoms with Crippen LogP contribution in [0.25, 0.3) is 0 Å². The highest BCUT2D eigenvalue weighted by molar-refractivity contribution is 5.71. The molecule has 0 bridgehead atoms. The van der Waals surface area contributed by atoms with Crippen molar-refractivity contribution in [3.63, 3.8) is 0 Å². The van der Waals surface area contributed by atoms with Crippen LogP contribution in [0.1, 0.15) is 201 Å². The normalized spacial score (nSPS) is 13.2. The Labute approximate surface area is 398 Å². The van der Waals surface area contributed by atoms with Crippen LogP contribution in [-0.2, 0) is 28.6 Å². The highest BCUT2D eigenvalue weighted by Gasteiger charge is 2.19. The molecule has 0 aliphatic heterocycles. The second-order valence-corrected chi connectivity index (χ2v) is 16.5. The van der Waals surface area contributed by atoms with Gasteiger partial charge in [0.1, 0.15) is 13.2 Å². The molecule has 0 fully saturated rings. The molecule has 0 aromatic heterocycles. The van der Waals surface area contributed by atoms with E-state index in [1.165, 1.54) is 51.4 Å². The standard InChI is InChI=1S/C59H92O6/c1-4-7-10-13-16-19-22-25-27-29-31-32-34-37-40-43-46-49-52-58(61)64-55-56(54-63-57(60)51-48-45-42-39-36-24-21-18-15-12-9-6-3)65-59(62)53-50-47-44-41-38-35-33-30-28-26-23-20-17-14-11-8-5-2/h8-9,11-12,14,17-18,20-21,23,26-33,35-36,38-39,56H,4-7,10,13,15-16,19,22,24-25,34,37,40-55H2,1-3H3/b11-8-,12-9-,17-14-,21-18-,23-20-,28-26-,29-27-,32-31-,33-30+,38-35-,39-36-. The molecule has 6 nitrogen and oxygen atoms in total. The van der Waals surface area contributed by atoms with Gasteiger partial charge in [0, 0.05) is 19.3 Å². The maximum Gasteiger partial charge on any atom is 0.306 e. The molecular formula is C59H92O6. The van der Waals surface area contributed by atoms with Gasteiger partial charge in [-0.3, -0.25) is 14.4 Å². The molecule has 1 atom stereocenters. The second kappa shape index (κ2) is 52.2. The number of rotatable bonds is 44. The lowest BCUT2D eigenvalue weighted by Gasteiger charge is -2.18. The van der Waals surface area contributed by atoms with Gasteiger partial charge in [-0.2, -0.15) is 0 Å². The highest BCUT2D eigenvalue weighted by Crippen LogP contribution is 2.12. The molecule has 0 spiro atoms. The van der Waals surface area contributed by atoms with E-state index in [0.29, 0.717) is 19.3 Å². The highest BCUT2D eigenvalue weighted by atomic mass is 16.6. The fraction of sp³-hybridized carbons (Fsp3) is 0.576. The summed E-state index contributed by atoms with van der Waals surface area (Å²) in [7, 11) is 0. The fourth-order valence-corrected chi connectivity index (χ4v) is 6.48. The third-order valence-electron chi connectivity index (χ3n) is 10.3. The molecule has 0 radical (unpaired) electrons. The average molecular weight is 897 g/mol. The molecule has 0 aromatic rings. The molecule has 1 unspecified atom stereocenters. The topological polar surface area (TPSA) is 78.9 Å². The Morgan fingerprint density at radius 1 is 0.338 bits per heavy atom. The van der Waals surface area contributed by atoms with E-state index in [-0.39, 0.29) is 44.0 Å². The van der Waals surface area contributed by atoms with E-state index >= 15 is 0 Å². The van der Waals surface area contributed by atoms with Gasteiger partial charge in [0.25, 0.3) is 0 Å². The van der Waals surface area contributed by atoms with Crippen LogP contribution in [0.15, 0.2) is 134 Å². The number of carbonyl (C=O) groups excluding carboxylic acids is 3. The summed E-state index contributed by atoms with van der Waals surface area (Å²) in [6.45, 7) is 6.26. The Balaban J connectivity index is 4.56. The van der Waals surface area contributed by atoms with Crippen LogP contribution < -0.4 is 0 Å². The first-order valence-corrected chi connectivity index (χ1v) is 25.8. The molecule has 0 N–H and O–H groups in total. The minimum Gasteiger partial charge on any atom is -0.462 e. The third kappa shape index (κ3) is 50.4. The predicted octanol–water partition coefficient (Wildman–Crippen LogP) is 17.1. The van der Waals surface area contributed by atoms with Crippen molar-refractivity contribution >= 4 is 17.9 Å². The number of unbranched alkanes of at least 4 members (excludes halogenated alkanes) is 17. The van der Waals surface area contributed by atoms with E-state index in [1.54, 1.807) is 0 Å². The van der Waals surface area contributed by atoms with E-state index in [0.717, 1.165) is 96.3 Å². The first kappa shape index (κ1) is 60.5. The number of esters is 3. The predicted molar refractivity (Wildman–Crippen MR) is 279 cm³/mol. The Hall–Kier alpha value is -4.45. The van der Waals surface area contributed by atoms with Crippen LogP contribution in [0, 0.1) is 0 Å². The summed E-state index contributed by atoms with van der Waals surface area (Å²) >= 11 is 0. The Kier molecular flexibility index (Phi) is 48.6. The summed E-state index contributed by atoms with van der Waals surface area (Å²) in [4.78, 5) is 38.0. The number of allylic oxidation sites excluding steroid dienone is 22. The number of ether oxygens (including phenoxy) is 3. The smallest absolute Gasteiger partial charge is 0.306 e. The quantitative estimate of drug-likeness (QED) is 0.0199. The zero-order valence-corrected chi connectivity index (χ0v) is 41.4. The van der Waals surface area contributed by atoms with Crippen LogP contribution in [0.4, 0.5) is 0 Å². The summed E-state index contributed by atoms with van der Waals surface area (Å²) in [5.74, 6) is -1.03. The van der Waals surface area contributed by atoms with Gasteiger partial charge in [-0.05, 0) is 96.3 Å². The molecule has 65 heavy (non-hydrogen) atoms. The van der Waals surface area contributed by atoms with Gasteiger partial charge < -0.3 is 14.2 Å². The van der Waals surface area contributed by atoms with Crippen LogP contribution in [-0.4, -0.2) is 37.2 Å². The number of hydrogen-bond acceptors (Lipinski definition) is 6. The minimum absolute atomic E-state index is 0.122. The molecule has 364 valence electrons. The average Bonchev–Trinajstić information content (AvgIpc) is 3.30. The SMILES string of the molecule is CC\C=C/C=C\C=C/C=C\C=C\C=C/CCCCCC(=O)OC(COC(=O)CCCC/C=C\C/C=C\C/C=C\CC)COC(=O)CCCCCCC/C=C\C=C/CCCCCCCCC. The van der Waals surface area contributed by atoms with Crippen LogP contribution >= 0.6 is 0 Å². The van der Waals surface area contributed by atoms with Crippen molar-refractivity contribution in [1.29, 1.82) is 0 Å². The molecule has 0 aromatic carbocycles. The lowest BCUT2D eigenvalue weighted by molar-refractivity contribution is -0.167. The van der Waals surface area contributed by atoms with E-state index in [2.05, 4.69) is 93.7 Å². The Morgan fingerprint density at radius 2 is 0.677 bits per heavy atom.